The van der Waals surface area contributed by atoms with Gasteiger partial charge in [0.25, 0.3) is 5.91 Å². The summed E-state index contributed by atoms with van der Waals surface area (Å²) in [6.07, 6.45) is 0.0180. The van der Waals surface area contributed by atoms with Crippen molar-refractivity contribution in [3.05, 3.63) is 59.7 Å². The Labute approximate surface area is 147 Å². The summed E-state index contributed by atoms with van der Waals surface area (Å²) in [5, 5.41) is 12.1. The molecule has 0 saturated heterocycles. The van der Waals surface area contributed by atoms with Crippen molar-refractivity contribution in [2.24, 2.45) is 0 Å². The second kappa shape index (κ2) is 8.33. The number of phenols is 1. The van der Waals surface area contributed by atoms with Crippen LogP contribution in [0.1, 0.15) is 49.0 Å². The van der Waals surface area contributed by atoms with Gasteiger partial charge in [-0.05, 0) is 55.2 Å². The topological polar surface area (TPSA) is 75.6 Å². The Morgan fingerprint density at radius 1 is 1.08 bits per heavy atom. The summed E-state index contributed by atoms with van der Waals surface area (Å²) in [7, 11) is 0. The summed E-state index contributed by atoms with van der Waals surface area (Å²) >= 11 is 0. The predicted molar refractivity (Wildman–Crippen MR) is 96.8 cm³/mol. The summed E-state index contributed by atoms with van der Waals surface area (Å²) in [5.74, 6) is -0.629. The van der Waals surface area contributed by atoms with E-state index in [1.165, 1.54) is 31.2 Å². The molecule has 0 fully saturated rings. The molecule has 2 N–H and O–H groups in total. The van der Waals surface area contributed by atoms with E-state index in [1.54, 1.807) is 0 Å². The number of anilines is 1. The highest BCUT2D eigenvalue weighted by Gasteiger charge is 2.20. The SMILES string of the molecule is CCC(C)c1ccccc1NC(=O)C(C)OC(=O)c1ccc(O)cc1. The van der Waals surface area contributed by atoms with Gasteiger partial charge in [0, 0.05) is 5.69 Å². The van der Waals surface area contributed by atoms with Gasteiger partial charge in [-0.1, -0.05) is 32.0 Å². The Balaban J connectivity index is 2.03. The van der Waals surface area contributed by atoms with E-state index in [1.807, 2.05) is 24.3 Å². The van der Waals surface area contributed by atoms with Crippen LogP contribution in [0.5, 0.6) is 5.75 Å². The minimum Gasteiger partial charge on any atom is -0.508 e. The van der Waals surface area contributed by atoms with Gasteiger partial charge in [0.1, 0.15) is 5.75 Å². The van der Waals surface area contributed by atoms with Crippen LogP contribution in [0.2, 0.25) is 0 Å². The number of amides is 1. The Morgan fingerprint density at radius 3 is 2.36 bits per heavy atom. The molecule has 0 radical (unpaired) electrons. The van der Waals surface area contributed by atoms with Crippen molar-refractivity contribution >= 4 is 17.6 Å². The first-order chi connectivity index (χ1) is 11.9. The molecule has 5 nitrogen and oxygen atoms in total. The lowest BCUT2D eigenvalue weighted by atomic mass is 9.97. The number of para-hydroxylation sites is 1. The van der Waals surface area contributed by atoms with Crippen molar-refractivity contribution in [3.63, 3.8) is 0 Å². The maximum atomic E-state index is 12.4. The van der Waals surface area contributed by atoms with Crippen molar-refractivity contribution < 1.29 is 19.4 Å². The zero-order valence-corrected chi connectivity index (χ0v) is 14.7. The number of hydrogen-bond acceptors (Lipinski definition) is 4. The normalized spacial score (nSPS) is 12.9. The van der Waals surface area contributed by atoms with Gasteiger partial charge in [0.05, 0.1) is 5.56 Å². The van der Waals surface area contributed by atoms with Crippen LogP contribution in [0, 0.1) is 0 Å². The number of rotatable bonds is 6. The van der Waals surface area contributed by atoms with E-state index in [-0.39, 0.29) is 17.2 Å². The van der Waals surface area contributed by atoms with Gasteiger partial charge in [0.15, 0.2) is 6.10 Å². The van der Waals surface area contributed by atoms with Crippen LogP contribution in [0.25, 0.3) is 0 Å². The van der Waals surface area contributed by atoms with Gasteiger partial charge in [-0.3, -0.25) is 4.79 Å². The van der Waals surface area contributed by atoms with Crippen LogP contribution in [-0.2, 0) is 9.53 Å². The van der Waals surface area contributed by atoms with Crippen LogP contribution in [-0.4, -0.2) is 23.1 Å². The van der Waals surface area contributed by atoms with E-state index in [0.717, 1.165) is 17.7 Å². The molecule has 0 bridgehead atoms. The fourth-order valence-corrected chi connectivity index (χ4v) is 2.37. The Morgan fingerprint density at radius 2 is 1.72 bits per heavy atom. The zero-order chi connectivity index (χ0) is 18.4. The summed E-state index contributed by atoms with van der Waals surface area (Å²) < 4.78 is 5.20. The molecule has 132 valence electrons. The highest BCUT2D eigenvalue weighted by atomic mass is 16.5. The Bertz CT molecular complexity index is 740. The van der Waals surface area contributed by atoms with Crippen molar-refractivity contribution in [2.45, 2.75) is 39.2 Å². The second-order valence-corrected chi connectivity index (χ2v) is 5.98. The first-order valence-corrected chi connectivity index (χ1v) is 8.32. The molecule has 0 heterocycles. The van der Waals surface area contributed by atoms with Gasteiger partial charge in [0.2, 0.25) is 0 Å². The van der Waals surface area contributed by atoms with Crippen LogP contribution >= 0.6 is 0 Å². The number of esters is 1. The zero-order valence-electron chi connectivity index (χ0n) is 14.7. The molecule has 2 aromatic carbocycles. The van der Waals surface area contributed by atoms with Crippen molar-refractivity contribution in [2.75, 3.05) is 5.32 Å². The molecule has 0 aliphatic carbocycles. The first kappa shape index (κ1) is 18.5. The molecule has 0 saturated carbocycles. The van der Waals surface area contributed by atoms with Crippen molar-refractivity contribution in [1.29, 1.82) is 0 Å². The van der Waals surface area contributed by atoms with E-state index in [9.17, 15) is 14.7 Å². The van der Waals surface area contributed by atoms with E-state index in [0.29, 0.717) is 5.92 Å². The Hall–Kier alpha value is -2.82. The van der Waals surface area contributed by atoms with Gasteiger partial charge in [-0.15, -0.1) is 0 Å². The number of aromatic hydroxyl groups is 1. The molecule has 0 aromatic heterocycles. The molecular weight excluding hydrogens is 318 g/mol. The lowest BCUT2D eigenvalue weighted by Gasteiger charge is -2.18. The summed E-state index contributed by atoms with van der Waals surface area (Å²) in [4.78, 5) is 24.4. The average Bonchev–Trinajstić information content (AvgIpc) is 2.61. The third-order valence-corrected chi connectivity index (χ3v) is 4.12. The maximum absolute atomic E-state index is 12.4. The van der Waals surface area contributed by atoms with E-state index in [2.05, 4.69) is 19.2 Å². The molecule has 2 rings (SSSR count). The van der Waals surface area contributed by atoms with Crippen LogP contribution in [0.15, 0.2) is 48.5 Å². The first-order valence-electron chi connectivity index (χ1n) is 8.32. The quantitative estimate of drug-likeness (QED) is 0.776. The molecule has 1 amide bonds. The third kappa shape index (κ3) is 4.83. The molecule has 2 aromatic rings. The van der Waals surface area contributed by atoms with Crippen LogP contribution in [0.4, 0.5) is 5.69 Å². The van der Waals surface area contributed by atoms with Gasteiger partial charge in [-0.2, -0.15) is 0 Å². The number of hydrogen-bond donors (Lipinski definition) is 2. The lowest BCUT2D eigenvalue weighted by Crippen LogP contribution is -2.30. The lowest BCUT2D eigenvalue weighted by molar-refractivity contribution is -0.123. The second-order valence-electron chi connectivity index (χ2n) is 5.98. The number of carbonyl (C=O) groups is 2. The minimum absolute atomic E-state index is 0.0593. The molecule has 0 aliphatic rings. The smallest absolute Gasteiger partial charge is 0.338 e. The monoisotopic (exact) mass is 341 g/mol. The molecule has 2 atom stereocenters. The fourth-order valence-electron chi connectivity index (χ4n) is 2.37. The number of benzene rings is 2. The highest BCUT2D eigenvalue weighted by Crippen LogP contribution is 2.26. The number of carbonyl (C=O) groups excluding carboxylic acids is 2. The molecule has 25 heavy (non-hydrogen) atoms. The number of nitrogens with one attached hydrogen (secondary N) is 1. The Kier molecular flexibility index (Phi) is 6.17. The maximum Gasteiger partial charge on any atom is 0.338 e. The summed E-state index contributed by atoms with van der Waals surface area (Å²) in [5.41, 5.74) is 2.06. The molecule has 2 unspecified atom stereocenters. The fraction of sp³-hybridized carbons (Fsp3) is 0.300. The molecule has 0 aliphatic heterocycles. The molecule has 0 spiro atoms. The summed E-state index contributed by atoms with van der Waals surface area (Å²) in [6.45, 7) is 5.71. The predicted octanol–water partition coefficient (Wildman–Crippen LogP) is 4.09. The molecular formula is C20H23NO4. The highest BCUT2D eigenvalue weighted by molar-refractivity contribution is 5.97. The van der Waals surface area contributed by atoms with Crippen molar-refractivity contribution in [3.8, 4) is 5.75 Å². The average molecular weight is 341 g/mol. The van der Waals surface area contributed by atoms with Crippen LogP contribution in [0.3, 0.4) is 0 Å². The minimum atomic E-state index is -0.939. The van der Waals surface area contributed by atoms with E-state index >= 15 is 0 Å². The van der Waals surface area contributed by atoms with Crippen molar-refractivity contribution in [1.82, 2.24) is 0 Å². The number of ether oxygens (including phenoxy) is 1. The standard InChI is InChI=1S/C20H23NO4/c1-4-13(2)17-7-5-6-8-18(17)21-19(23)14(3)25-20(24)15-9-11-16(22)12-10-15/h5-14,22H,4H2,1-3H3,(H,21,23). The van der Waals surface area contributed by atoms with E-state index in [4.69, 9.17) is 4.74 Å². The van der Waals surface area contributed by atoms with Crippen LogP contribution < -0.4 is 5.32 Å². The molecule has 5 heteroatoms. The largest absolute Gasteiger partial charge is 0.508 e. The van der Waals surface area contributed by atoms with Gasteiger partial charge >= 0.3 is 5.97 Å². The third-order valence-electron chi connectivity index (χ3n) is 4.12. The van der Waals surface area contributed by atoms with Gasteiger partial charge in [-0.25, -0.2) is 4.79 Å². The van der Waals surface area contributed by atoms with Gasteiger partial charge < -0.3 is 15.2 Å². The summed E-state index contributed by atoms with van der Waals surface area (Å²) in [6, 6.07) is 13.3. The van der Waals surface area contributed by atoms with E-state index < -0.39 is 12.1 Å². The number of phenolic OH excluding ortho intramolecular Hbond substituents is 1.